The molecule has 0 aromatic carbocycles. The van der Waals surface area contributed by atoms with Gasteiger partial charge in [0.05, 0.1) is 19.3 Å². The monoisotopic (exact) mass is 275 g/mol. The molecule has 2 N–H and O–H groups in total. The highest BCUT2D eigenvalue weighted by Crippen LogP contribution is 2.16. The Morgan fingerprint density at radius 2 is 2.17 bits per heavy atom. The summed E-state index contributed by atoms with van der Waals surface area (Å²) in [5.74, 6) is 0. The molecule has 0 aliphatic rings. The van der Waals surface area contributed by atoms with E-state index in [-0.39, 0.29) is 18.0 Å². The van der Waals surface area contributed by atoms with Gasteiger partial charge in [0.1, 0.15) is 4.90 Å². The van der Waals surface area contributed by atoms with Gasteiger partial charge in [-0.15, -0.1) is 0 Å². The predicted molar refractivity (Wildman–Crippen MR) is 68.6 cm³/mol. The van der Waals surface area contributed by atoms with Crippen LogP contribution < -0.4 is 4.72 Å². The van der Waals surface area contributed by atoms with E-state index < -0.39 is 15.6 Å². The second-order valence-corrected chi connectivity index (χ2v) is 6.58. The summed E-state index contributed by atoms with van der Waals surface area (Å²) in [6.45, 7) is 5.93. The van der Waals surface area contributed by atoms with Crippen LogP contribution in [-0.4, -0.2) is 35.5 Å². The fourth-order valence-corrected chi connectivity index (χ4v) is 3.20. The highest BCUT2D eigenvalue weighted by Gasteiger charge is 2.26. The van der Waals surface area contributed by atoms with E-state index in [4.69, 9.17) is 5.11 Å². The van der Waals surface area contributed by atoms with Crippen molar-refractivity contribution in [3.63, 3.8) is 0 Å². The van der Waals surface area contributed by atoms with Gasteiger partial charge in [0.2, 0.25) is 10.0 Å². The Hall–Kier alpha value is -0.920. The van der Waals surface area contributed by atoms with Gasteiger partial charge in [0.25, 0.3) is 0 Å². The topological polar surface area (TPSA) is 84.2 Å². The normalized spacial score (nSPS) is 12.9. The molecule has 6 nitrogen and oxygen atoms in total. The first-order chi connectivity index (χ1) is 8.30. The number of nitrogens with zero attached hydrogens (tertiary/aromatic N) is 2. The van der Waals surface area contributed by atoms with E-state index in [9.17, 15) is 8.42 Å². The molecule has 0 saturated heterocycles. The van der Waals surface area contributed by atoms with Crippen LogP contribution >= 0.6 is 0 Å². The zero-order valence-corrected chi connectivity index (χ0v) is 11.9. The smallest absolute Gasteiger partial charge is 0.244 e. The van der Waals surface area contributed by atoms with Crippen molar-refractivity contribution in [2.24, 2.45) is 0 Å². The third kappa shape index (κ3) is 4.08. The van der Waals surface area contributed by atoms with Gasteiger partial charge in [0.15, 0.2) is 0 Å². The summed E-state index contributed by atoms with van der Waals surface area (Å²) in [5, 5.41) is 12.6. The summed E-state index contributed by atoms with van der Waals surface area (Å²) >= 11 is 0. The van der Waals surface area contributed by atoms with Gasteiger partial charge in [-0.2, -0.15) is 5.10 Å². The molecule has 0 aliphatic carbocycles. The number of aromatic nitrogens is 2. The van der Waals surface area contributed by atoms with Gasteiger partial charge in [-0.05, 0) is 20.3 Å². The molecule has 0 unspecified atom stereocenters. The van der Waals surface area contributed by atoms with Crippen LogP contribution in [0, 0.1) is 0 Å². The Bertz CT molecular complexity index is 479. The van der Waals surface area contributed by atoms with E-state index in [1.54, 1.807) is 0 Å². The molecule has 0 amide bonds. The third-order valence-corrected chi connectivity index (χ3v) is 4.19. The summed E-state index contributed by atoms with van der Waals surface area (Å²) in [4.78, 5) is 0.125. The molecular weight excluding hydrogens is 254 g/mol. The van der Waals surface area contributed by atoms with Crippen molar-refractivity contribution < 1.29 is 13.5 Å². The number of sulfonamides is 1. The molecule has 0 atom stereocenters. The van der Waals surface area contributed by atoms with Gasteiger partial charge in [0, 0.05) is 11.7 Å². The van der Waals surface area contributed by atoms with Gasteiger partial charge in [-0.1, -0.05) is 13.3 Å². The van der Waals surface area contributed by atoms with Crippen molar-refractivity contribution in [3.8, 4) is 0 Å². The molecule has 7 heteroatoms. The quantitative estimate of drug-likeness (QED) is 0.768. The maximum Gasteiger partial charge on any atom is 0.244 e. The number of rotatable bonds is 7. The van der Waals surface area contributed by atoms with Crippen molar-refractivity contribution in [3.05, 3.63) is 12.4 Å². The van der Waals surface area contributed by atoms with Crippen LogP contribution in [0.4, 0.5) is 0 Å². The Balaban J connectivity index is 2.85. The van der Waals surface area contributed by atoms with Crippen molar-refractivity contribution in [2.45, 2.75) is 50.6 Å². The van der Waals surface area contributed by atoms with Crippen molar-refractivity contribution >= 4 is 10.0 Å². The molecule has 1 rings (SSSR count). The minimum absolute atomic E-state index is 0.0735. The fourth-order valence-electron chi connectivity index (χ4n) is 1.81. The minimum Gasteiger partial charge on any atom is -0.394 e. The van der Waals surface area contributed by atoms with Crippen molar-refractivity contribution in [2.75, 3.05) is 6.61 Å². The highest BCUT2D eigenvalue weighted by atomic mass is 32.2. The molecule has 18 heavy (non-hydrogen) atoms. The van der Waals surface area contributed by atoms with Crippen LogP contribution in [0.3, 0.4) is 0 Å². The lowest BCUT2D eigenvalue weighted by atomic mass is 10.0. The molecular formula is C11H21N3O3S. The zero-order chi connectivity index (χ0) is 13.8. The van der Waals surface area contributed by atoms with Gasteiger partial charge in [-0.25, -0.2) is 13.1 Å². The predicted octanol–water partition coefficient (Wildman–Crippen LogP) is 0.732. The summed E-state index contributed by atoms with van der Waals surface area (Å²) in [7, 11) is -3.55. The summed E-state index contributed by atoms with van der Waals surface area (Å²) in [6, 6.07) is 0. The van der Waals surface area contributed by atoms with Crippen LogP contribution in [0.1, 0.15) is 33.6 Å². The molecule has 0 saturated carbocycles. The van der Waals surface area contributed by atoms with Crippen LogP contribution in [0.5, 0.6) is 0 Å². The van der Waals surface area contributed by atoms with Gasteiger partial charge < -0.3 is 5.11 Å². The first-order valence-corrected chi connectivity index (χ1v) is 7.46. The largest absolute Gasteiger partial charge is 0.394 e. The van der Waals surface area contributed by atoms with Crippen LogP contribution in [-0.2, 0) is 16.6 Å². The lowest BCUT2D eigenvalue weighted by Gasteiger charge is -2.24. The molecule has 104 valence electrons. The molecule has 0 radical (unpaired) electrons. The first kappa shape index (κ1) is 15.1. The second-order valence-electron chi connectivity index (χ2n) is 4.90. The SMILES string of the molecule is CCCC(C)(C)NS(=O)(=O)c1cnn(CCO)c1. The van der Waals surface area contributed by atoms with E-state index in [0.29, 0.717) is 0 Å². The first-order valence-electron chi connectivity index (χ1n) is 5.98. The Morgan fingerprint density at radius 3 is 2.72 bits per heavy atom. The van der Waals surface area contributed by atoms with E-state index in [1.165, 1.54) is 17.1 Å². The molecule has 0 aliphatic heterocycles. The highest BCUT2D eigenvalue weighted by molar-refractivity contribution is 7.89. The average Bonchev–Trinajstić information content (AvgIpc) is 2.65. The van der Waals surface area contributed by atoms with Crippen LogP contribution in [0.2, 0.25) is 0 Å². The maximum atomic E-state index is 12.1. The average molecular weight is 275 g/mol. The van der Waals surface area contributed by atoms with Crippen molar-refractivity contribution in [1.82, 2.24) is 14.5 Å². The molecule has 1 aromatic rings. The number of aliphatic hydroxyl groups excluding tert-OH is 1. The fraction of sp³-hybridized carbons (Fsp3) is 0.727. The van der Waals surface area contributed by atoms with Gasteiger partial charge in [-0.3, -0.25) is 4.68 Å². The Kier molecular flexibility index (Phi) is 4.89. The van der Waals surface area contributed by atoms with Crippen LogP contribution in [0.25, 0.3) is 0 Å². The molecule has 0 spiro atoms. The number of hydrogen-bond donors (Lipinski definition) is 2. The Labute approximate surface area is 108 Å². The zero-order valence-electron chi connectivity index (χ0n) is 11.0. The molecule has 1 aromatic heterocycles. The van der Waals surface area contributed by atoms with Gasteiger partial charge >= 0.3 is 0 Å². The standard InChI is InChI=1S/C11H21N3O3S/c1-4-5-11(2,3)13-18(16,17)10-8-12-14(9-10)6-7-15/h8-9,13,15H,4-7H2,1-3H3. The number of aliphatic hydroxyl groups is 1. The second kappa shape index (κ2) is 5.81. The van der Waals surface area contributed by atoms with E-state index >= 15 is 0 Å². The van der Waals surface area contributed by atoms with E-state index in [2.05, 4.69) is 9.82 Å². The van der Waals surface area contributed by atoms with Crippen LogP contribution in [0.15, 0.2) is 17.3 Å². The number of hydrogen-bond acceptors (Lipinski definition) is 4. The maximum absolute atomic E-state index is 12.1. The summed E-state index contributed by atoms with van der Waals surface area (Å²) in [6.07, 6.45) is 4.37. The Morgan fingerprint density at radius 1 is 1.50 bits per heavy atom. The van der Waals surface area contributed by atoms with E-state index in [1.807, 2.05) is 20.8 Å². The molecule has 1 heterocycles. The summed E-state index contributed by atoms with van der Waals surface area (Å²) < 4.78 is 28.3. The third-order valence-electron chi connectivity index (χ3n) is 2.53. The number of nitrogens with one attached hydrogen (secondary N) is 1. The molecule has 0 fully saturated rings. The lowest BCUT2D eigenvalue weighted by molar-refractivity contribution is 0.269. The molecule has 0 bridgehead atoms. The van der Waals surface area contributed by atoms with Crippen molar-refractivity contribution in [1.29, 1.82) is 0 Å². The summed E-state index contributed by atoms with van der Waals surface area (Å²) in [5.41, 5.74) is -0.480. The minimum atomic E-state index is -3.55. The lowest BCUT2D eigenvalue weighted by Crippen LogP contribution is -2.43. The van der Waals surface area contributed by atoms with E-state index in [0.717, 1.165) is 12.8 Å².